The fourth-order valence-electron chi connectivity index (χ4n) is 4.92. The van der Waals surface area contributed by atoms with Crippen LogP contribution in [-0.4, -0.2) is 28.4 Å². The van der Waals surface area contributed by atoms with Crippen molar-refractivity contribution in [3.05, 3.63) is 64.9 Å². The molecule has 0 radical (unpaired) electrons. The third-order valence-corrected chi connectivity index (χ3v) is 6.33. The fraction of sp³-hybridized carbons (Fsp3) is 0.348. The molecule has 31 heavy (non-hydrogen) atoms. The highest BCUT2D eigenvalue weighted by Gasteiger charge is 2.68. The summed E-state index contributed by atoms with van der Waals surface area (Å²) >= 11 is 6.00. The average Bonchev–Trinajstić information content (AvgIpc) is 3.18. The maximum atomic E-state index is 13.5. The molecular formula is C23H22ClFN2O4. The number of carboxylic acid groups (broad SMARTS) is 1. The lowest BCUT2D eigenvalue weighted by molar-refractivity contribution is -0.149. The lowest BCUT2D eigenvalue weighted by Gasteiger charge is -2.32. The quantitative estimate of drug-likeness (QED) is 0.685. The molecule has 4 rings (SSSR count). The van der Waals surface area contributed by atoms with Gasteiger partial charge in [-0.15, -0.1) is 0 Å². The van der Waals surface area contributed by atoms with Crippen molar-refractivity contribution in [1.82, 2.24) is 5.32 Å². The molecule has 2 fully saturated rings. The van der Waals surface area contributed by atoms with E-state index in [0.29, 0.717) is 10.6 Å². The van der Waals surface area contributed by atoms with Crippen LogP contribution in [0.25, 0.3) is 0 Å². The highest BCUT2D eigenvalue weighted by molar-refractivity contribution is 6.30. The molecule has 162 valence electrons. The van der Waals surface area contributed by atoms with Crippen LogP contribution >= 0.6 is 11.6 Å². The van der Waals surface area contributed by atoms with E-state index in [1.807, 2.05) is 13.8 Å². The molecule has 2 aliphatic heterocycles. The summed E-state index contributed by atoms with van der Waals surface area (Å²) in [7, 11) is 0. The predicted octanol–water partition coefficient (Wildman–Crippen LogP) is 3.80. The summed E-state index contributed by atoms with van der Waals surface area (Å²) in [6.07, 6.45) is 0.171. The molecule has 2 aromatic rings. The first kappa shape index (κ1) is 21.5. The zero-order valence-corrected chi connectivity index (χ0v) is 17.8. The van der Waals surface area contributed by atoms with Gasteiger partial charge in [0, 0.05) is 11.1 Å². The Bertz CT molecular complexity index is 1040. The number of nitrogens with zero attached hydrogens (tertiary/aromatic N) is 1. The van der Waals surface area contributed by atoms with Crippen molar-refractivity contribution in [3.8, 4) is 0 Å². The van der Waals surface area contributed by atoms with Gasteiger partial charge in [0.05, 0.1) is 17.5 Å². The maximum Gasteiger partial charge on any atom is 0.324 e. The molecule has 2 N–H and O–H groups in total. The number of imide groups is 1. The first-order valence-electron chi connectivity index (χ1n) is 10.1. The summed E-state index contributed by atoms with van der Waals surface area (Å²) in [5.41, 5.74) is -0.706. The van der Waals surface area contributed by atoms with Crippen LogP contribution < -0.4 is 10.2 Å². The molecule has 2 aromatic carbocycles. The lowest BCUT2D eigenvalue weighted by atomic mass is 9.75. The zero-order valence-electron chi connectivity index (χ0n) is 17.0. The number of aliphatic carboxylic acids is 1. The molecule has 0 spiro atoms. The van der Waals surface area contributed by atoms with Crippen molar-refractivity contribution in [2.75, 3.05) is 4.90 Å². The maximum absolute atomic E-state index is 13.5. The molecule has 0 aromatic heterocycles. The van der Waals surface area contributed by atoms with E-state index in [1.54, 1.807) is 24.3 Å². The average molecular weight is 445 g/mol. The highest BCUT2D eigenvalue weighted by atomic mass is 35.5. The topological polar surface area (TPSA) is 86.7 Å². The molecule has 0 aliphatic carbocycles. The zero-order chi connectivity index (χ0) is 22.5. The normalized spacial score (nSPS) is 27.8. The summed E-state index contributed by atoms with van der Waals surface area (Å²) in [5.74, 6) is -4.80. The smallest absolute Gasteiger partial charge is 0.324 e. The van der Waals surface area contributed by atoms with Crippen molar-refractivity contribution in [1.29, 1.82) is 0 Å². The number of hydrogen-bond acceptors (Lipinski definition) is 4. The Kier molecular flexibility index (Phi) is 5.35. The summed E-state index contributed by atoms with van der Waals surface area (Å²) in [6.45, 7) is 3.74. The number of rotatable bonds is 5. The Morgan fingerprint density at radius 2 is 1.74 bits per heavy atom. The Morgan fingerprint density at radius 3 is 2.29 bits per heavy atom. The van der Waals surface area contributed by atoms with E-state index in [4.69, 9.17) is 11.6 Å². The second-order valence-electron chi connectivity index (χ2n) is 8.54. The summed E-state index contributed by atoms with van der Waals surface area (Å²) in [5, 5.41) is 13.9. The van der Waals surface area contributed by atoms with E-state index >= 15 is 0 Å². The monoisotopic (exact) mass is 444 g/mol. The number of benzene rings is 2. The standard InChI is InChI=1S/C23H22ClFN2O4/c1-12(2)11-23(22(30)31)18-17(19(26-23)13-3-5-14(24)6-4-13)20(28)27(21(18)29)16-9-7-15(25)8-10-16/h3-10,12,17-19,26H,11H2,1-2H3,(H,30,31). The number of fused-ring (bicyclic) bond motifs is 1. The largest absolute Gasteiger partial charge is 0.480 e. The molecule has 4 atom stereocenters. The first-order valence-corrected chi connectivity index (χ1v) is 10.4. The number of carbonyl (C=O) groups is 3. The van der Waals surface area contributed by atoms with Crippen LogP contribution in [0.3, 0.4) is 0 Å². The van der Waals surface area contributed by atoms with Gasteiger partial charge in [0.1, 0.15) is 11.4 Å². The van der Waals surface area contributed by atoms with Gasteiger partial charge in [-0.25, -0.2) is 9.29 Å². The molecule has 2 amide bonds. The molecule has 8 heteroatoms. The van der Waals surface area contributed by atoms with Crippen LogP contribution in [-0.2, 0) is 14.4 Å². The molecule has 2 saturated heterocycles. The molecule has 2 heterocycles. The fourth-order valence-corrected chi connectivity index (χ4v) is 5.05. The van der Waals surface area contributed by atoms with E-state index in [2.05, 4.69) is 5.32 Å². The summed E-state index contributed by atoms with van der Waals surface area (Å²) in [4.78, 5) is 40.5. The molecule has 0 saturated carbocycles. The van der Waals surface area contributed by atoms with Gasteiger partial charge < -0.3 is 5.11 Å². The Balaban J connectivity index is 1.85. The second-order valence-corrected chi connectivity index (χ2v) is 8.98. The third-order valence-electron chi connectivity index (χ3n) is 6.08. The molecule has 0 bridgehead atoms. The van der Waals surface area contributed by atoms with Crippen molar-refractivity contribution in [3.63, 3.8) is 0 Å². The van der Waals surface area contributed by atoms with Crippen LogP contribution in [0.1, 0.15) is 31.9 Å². The summed E-state index contributed by atoms with van der Waals surface area (Å²) in [6, 6.07) is 11.1. The van der Waals surface area contributed by atoms with E-state index < -0.39 is 47.0 Å². The third kappa shape index (κ3) is 3.42. The lowest BCUT2D eigenvalue weighted by Crippen LogP contribution is -2.56. The number of carbonyl (C=O) groups excluding carboxylic acids is 2. The predicted molar refractivity (Wildman–Crippen MR) is 113 cm³/mol. The Hall–Kier alpha value is -2.77. The molecule has 4 unspecified atom stereocenters. The minimum Gasteiger partial charge on any atom is -0.480 e. The number of hydrogen-bond donors (Lipinski definition) is 2. The van der Waals surface area contributed by atoms with Gasteiger partial charge in [-0.3, -0.25) is 19.7 Å². The van der Waals surface area contributed by atoms with E-state index in [9.17, 15) is 23.9 Å². The van der Waals surface area contributed by atoms with E-state index in [-0.39, 0.29) is 18.0 Å². The highest BCUT2D eigenvalue weighted by Crippen LogP contribution is 2.51. The van der Waals surface area contributed by atoms with Gasteiger partial charge in [-0.1, -0.05) is 37.6 Å². The van der Waals surface area contributed by atoms with Crippen molar-refractivity contribution in [2.24, 2.45) is 17.8 Å². The number of carboxylic acids is 1. The van der Waals surface area contributed by atoms with Crippen molar-refractivity contribution in [2.45, 2.75) is 31.8 Å². The van der Waals surface area contributed by atoms with Crippen LogP contribution in [0.4, 0.5) is 10.1 Å². The van der Waals surface area contributed by atoms with Crippen molar-refractivity contribution < 1.29 is 23.9 Å². The van der Waals surface area contributed by atoms with Crippen LogP contribution in [0.2, 0.25) is 5.02 Å². The van der Waals surface area contributed by atoms with Gasteiger partial charge >= 0.3 is 5.97 Å². The SMILES string of the molecule is CC(C)CC1(C(=O)O)NC(c2ccc(Cl)cc2)C2C(=O)N(c3ccc(F)cc3)C(=O)C21. The van der Waals surface area contributed by atoms with Gasteiger partial charge in [-0.2, -0.15) is 0 Å². The molecule has 6 nitrogen and oxygen atoms in total. The van der Waals surface area contributed by atoms with E-state index in [0.717, 1.165) is 17.0 Å². The number of halogens is 2. The number of anilines is 1. The van der Waals surface area contributed by atoms with Crippen LogP contribution in [0, 0.1) is 23.6 Å². The molecule has 2 aliphatic rings. The van der Waals surface area contributed by atoms with Crippen LogP contribution in [0.15, 0.2) is 48.5 Å². The van der Waals surface area contributed by atoms with Gasteiger partial charge in [-0.05, 0) is 54.3 Å². The number of amides is 2. The van der Waals surface area contributed by atoms with Crippen molar-refractivity contribution >= 4 is 35.1 Å². The van der Waals surface area contributed by atoms with Gasteiger partial charge in [0.2, 0.25) is 11.8 Å². The molecular weight excluding hydrogens is 423 g/mol. The van der Waals surface area contributed by atoms with E-state index in [1.165, 1.54) is 12.1 Å². The summed E-state index contributed by atoms with van der Waals surface area (Å²) < 4.78 is 13.4. The first-order chi connectivity index (χ1) is 14.7. The Morgan fingerprint density at radius 1 is 1.13 bits per heavy atom. The van der Waals surface area contributed by atoms with Crippen LogP contribution in [0.5, 0.6) is 0 Å². The Labute approximate surface area is 184 Å². The van der Waals surface area contributed by atoms with Gasteiger partial charge in [0.25, 0.3) is 0 Å². The number of nitrogens with one attached hydrogen (secondary N) is 1. The minimum absolute atomic E-state index is 0.0454. The van der Waals surface area contributed by atoms with Gasteiger partial charge in [0.15, 0.2) is 0 Å². The minimum atomic E-state index is -1.61. The second kappa shape index (κ2) is 7.73.